The number of piperazine rings is 1. The quantitative estimate of drug-likeness (QED) is 0.882. The average Bonchev–Trinajstić information content (AvgIpc) is 3.00. The fraction of sp³-hybridized carbons (Fsp3) is 0.579. The molecule has 6 nitrogen and oxygen atoms in total. The summed E-state index contributed by atoms with van der Waals surface area (Å²) in [6, 6.07) is 7.82. The summed E-state index contributed by atoms with van der Waals surface area (Å²) in [6.45, 7) is 4.33. The fourth-order valence-corrected chi connectivity index (χ4v) is 3.76. The zero-order valence-electron chi connectivity index (χ0n) is 14.9. The minimum atomic E-state index is -0.101. The van der Waals surface area contributed by atoms with Gasteiger partial charge in [-0.2, -0.15) is 0 Å². The minimum absolute atomic E-state index is 0.101. The predicted octanol–water partition coefficient (Wildman–Crippen LogP) is 2.19. The molecule has 2 aliphatic rings. The topological polar surface area (TPSA) is 78.7 Å². The van der Waals surface area contributed by atoms with Crippen LogP contribution in [-0.4, -0.2) is 54.0 Å². The molecule has 1 aliphatic carbocycles. The molecule has 136 valence electrons. The second-order valence-corrected chi connectivity index (χ2v) is 7.23. The van der Waals surface area contributed by atoms with Gasteiger partial charge in [-0.05, 0) is 43.4 Å². The van der Waals surface area contributed by atoms with Crippen LogP contribution in [0.25, 0.3) is 0 Å². The average molecular weight is 344 g/mol. The smallest absolute Gasteiger partial charge is 0.321 e. The van der Waals surface area contributed by atoms with Gasteiger partial charge in [-0.1, -0.05) is 18.6 Å². The lowest BCUT2D eigenvalue weighted by atomic mass is 9.99. The van der Waals surface area contributed by atoms with Crippen molar-refractivity contribution in [2.24, 2.45) is 11.7 Å². The summed E-state index contributed by atoms with van der Waals surface area (Å²) in [6.07, 6.45) is 3.78. The molecule has 6 heteroatoms. The van der Waals surface area contributed by atoms with Crippen molar-refractivity contribution in [1.82, 2.24) is 9.80 Å². The number of carbonyl (C=O) groups is 2. The number of amides is 3. The van der Waals surface area contributed by atoms with Crippen LogP contribution in [0, 0.1) is 12.8 Å². The van der Waals surface area contributed by atoms with E-state index in [4.69, 9.17) is 5.73 Å². The normalized spacial score (nSPS) is 23.6. The van der Waals surface area contributed by atoms with Crippen molar-refractivity contribution in [3.63, 3.8) is 0 Å². The number of hydrogen-bond acceptors (Lipinski definition) is 3. The molecule has 1 aromatic rings. The third-order valence-corrected chi connectivity index (χ3v) is 5.34. The molecule has 1 aliphatic heterocycles. The van der Waals surface area contributed by atoms with Gasteiger partial charge in [0.2, 0.25) is 5.91 Å². The van der Waals surface area contributed by atoms with Crippen molar-refractivity contribution in [2.75, 3.05) is 31.5 Å². The number of aryl methyl sites for hydroxylation is 1. The molecule has 0 spiro atoms. The highest BCUT2D eigenvalue weighted by Crippen LogP contribution is 2.27. The highest BCUT2D eigenvalue weighted by atomic mass is 16.2. The van der Waals surface area contributed by atoms with Crippen molar-refractivity contribution in [1.29, 1.82) is 0 Å². The summed E-state index contributed by atoms with van der Waals surface area (Å²) in [5, 5.41) is 2.93. The second kappa shape index (κ2) is 7.87. The molecule has 1 saturated carbocycles. The first-order valence-electron chi connectivity index (χ1n) is 9.19. The Morgan fingerprint density at radius 2 is 1.88 bits per heavy atom. The third-order valence-electron chi connectivity index (χ3n) is 5.34. The van der Waals surface area contributed by atoms with Gasteiger partial charge >= 0.3 is 6.03 Å². The van der Waals surface area contributed by atoms with Crippen LogP contribution in [0.2, 0.25) is 0 Å². The molecular weight excluding hydrogens is 316 g/mol. The van der Waals surface area contributed by atoms with Gasteiger partial charge in [0.25, 0.3) is 0 Å². The summed E-state index contributed by atoms with van der Waals surface area (Å²) >= 11 is 0. The number of hydrogen-bond donors (Lipinski definition) is 2. The zero-order chi connectivity index (χ0) is 17.8. The Bertz CT molecular complexity index is 626. The van der Waals surface area contributed by atoms with E-state index in [9.17, 15) is 9.59 Å². The molecule has 3 amide bonds. The van der Waals surface area contributed by atoms with Gasteiger partial charge in [0.1, 0.15) is 0 Å². The highest BCUT2D eigenvalue weighted by molar-refractivity contribution is 5.89. The number of carbonyl (C=O) groups excluding carboxylic acids is 2. The number of benzene rings is 1. The van der Waals surface area contributed by atoms with Crippen LogP contribution >= 0.6 is 0 Å². The number of anilines is 1. The second-order valence-electron chi connectivity index (χ2n) is 7.23. The van der Waals surface area contributed by atoms with Crippen LogP contribution in [0.3, 0.4) is 0 Å². The highest BCUT2D eigenvalue weighted by Gasteiger charge is 2.30. The van der Waals surface area contributed by atoms with Crippen LogP contribution in [-0.2, 0) is 4.79 Å². The summed E-state index contributed by atoms with van der Waals surface area (Å²) < 4.78 is 0. The Morgan fingerprint density at radius 1 is 1.16 bits per heavy atom. The van der Waals surface area contributed by atoms with Crippen LogP contribution in [0.15, 0.2) is 24.3 Å². The minimum Gasteiger partial charge on any atom is -0.339 e. The molecular formula is C19H28N4O2. The third kappa shape index (κ3) is 4.51. The SMILES string of the molecule is Cc1cccc(NC(=O)N2CCN(C(=O)C[C@@H]3CCC[C@H]3N)CC2)c1. The number of nitrogens with zero attached hydrogens (tertiary/aromatic N) is 2. The fourth-order valence-electron chi connectivity index (χ4n) is 3.76. The molecule has 25 heavy (non-hydrogen) atoms. The van der Waals surface area contributed by atoms with E-state index in [-0.39, 0.29) is 18.0 Å². The lowest BCUT2D eigenvalue weighted by Gasteiger charge is -2.35. The molecule has 3 N–H and O–H groups in total. The predicted molar refractivity (Wildman–Crippen MR) is 98.3 cm³/mol. The van der Waals surface area contributed by atoms with E-state index in [0.717, 1.165) is 30.5 Å². The van der Waals surface area contributed by atoms with Crippen LogP contribution < -0.4 is 11.1 Å². The van der Waals surface area contributed by atoms with Gasteiger partial charge in [0.15, 0.2) is 0 Å². The Hall–Kier alpha value is -2.08. The monoisotopic (exact) mass is 344 g/mol. The van der Waals surface area contributed by atoms with Gasteiger partial charge in [-0.3, -0.25) is 4.79 Å². The van der Waals surface area contributed by atoms with Crippen LogP contribution in [0.1, 0.15) is 31.2 Å². The van der Waals surface area contributed by atoms with Crippen molar-refractivity contribution >= 4 is 17.6 Å². The van der Waals surface area contributed by atoms with Gasteiger partial charge in [0.05, 0.1) is 0 Å². The molecule has 2 atom stereocenters. The van der Waals surface area contributed by atoms with Gasteiger partial charge < -0.3 is 20.9 Å². The number of nitrogens with two attached hydrogens (primary N) is 1. The van der Waals surface area contributed by atoms with Crippen molar-refractivity contribution < 1.29 is 9.59 Å². The lowest BCUT2D eigenvalue weighted by Crippen LogP contribution is -2.52. The van der Waals surface area contributed by atoms with Crippen LogP contribution in [0.5, 0.6) is 0 Å². The Kier molecular flexibility index (Phi) is 5.58. The van der Waals surface area contributed by atoms with E-state index in [1.165, 1.54) is 0 Å². The van der Waals surface area contributed by atoms with Crippen molar-refractivity contribution in [2.45, 2.75) is 38.6 Å². The maximum absolute atomic E-state index is 12.5. The summed E-state index contributed by atoms with van der Waals surface area (Å²) in [7, 11) is 0. The van der Waals surface area contributed by atoms with Crippen molar-refractivity contribution in [3.8, 4) is 0 Å². The standard InChI is InChI=1S/C19H28N4O2/c1-14-4-2-6-16(12-14)21-19(25)23-10-8-22(9-11-23)18(24)13-15-5-3-7-17(15)20/h2,4,6,12,15,17H,3,5,7-11,13,20H2,1H3,(H,21,25)/t15-,17+/m0/s1. The molecule has 2 fully saturated rings. The Morgan fingerprint density at radius 3 is 2.52 bits per heavy atom. The first-order valence-corrected chi connectivity index (χ1v) is 9.19. The van der Waals surface area contributed by atoms with Gasteiger partial charge in [-0.25, -0.2) is 4.79 Å². The first-order chi connectivity index (χ1) is 12.0. The zero-order valence-corrected chi connectivity index (χ0v) is 14.9. The van der Waals surface area contributed by atoms with Gasteiger partial charge in [0, 0.05) is 44.3 Å². The van der Waals surface area contributed by atoms with E-state index >= 15 is 0 Å². The van der Waals surface area contributed by atoms with Crippen molar-refractivity contribution in [3.05, 3.63) is 29.8 Å². The first kappa shape index (κ1) is 17.7. The van der Waals surface area contributed by atoms with E-state index in [2.05, 4.69) is 5.32 Å². The molecule has 0 radical (unpaired) electrons. The molecule has 0 unspecified atom stereocenters. The van der Waals surface area contributed by atoms with Gasteiger partial charge in [-0.15, -0.1) is 0 Å². The molecule has 1 heterocycles. The van der Waals surface area contributed by atoms with E-state index in [1.54, 1.807) is 4.90 Å². The van der Waals surface area contributed by atoms with E-state index < -0.39 is 0 Å². The maximum atomic E-state index is 12.5. The summed E-state index contributed by atoms with van der Waals surface area (Å²) in [5.74, 6) is 0.510. The lowest BCUT2D eigenvalue weighted by molar-refractivity contribution is -0.133. The molecule has 1 saturated heterocycles. The van der Waals surface area contributed by atoms with Crippen LogP contribution in [0.4, 0.5) is 10.5 Å². The molecule has 1 aromatic carbocycles. The number of rotatable bonds is 3. The van der Waals surface area contributed by atoms with E-state index in [1.807, 2.05) is 36.1 Å². The van der Waals surface area contributed by atoms with E-state index in [0.29, 0.717) is 38.5 Å². The summed E-state index contributed by atoms with van der Waals surface area (Å²) in [4.78, 5) is 28.5. The Balaban J connectivity index is 1.46. The molecule has 0 aromatic heterocycles. The largest absolute Gasteiger partial charge is 0.339 e. The number of urea groups is 1. The number of nitrogens with one attached hydrogen (secondary N) is 1. The molecule has 3 rings (SSSR count). The summed E-state index contributed by atoms with van der Waals surface area (Å²) in [5.41, 5.74) is 7.98. The Labute approximate surface area is 149 Å². The molecule has 0 bridgehead atoms. The maximum Gasteiger partial charge on any atom is 0.321 e.